The number of benzene rings is 1. The van der Waals surface area contributed by atoms with Crippen molar-refractivity contribution >= 4 is 28.8 Å². The van der Waals surface area contributed by atoms with Crippen LogP contribution in [0.4, 0.5) is 0 Å². The predicted octanol–water partition coefficient (Wildman–Crippen LogP) is 4.80. The molecule has 0 aliphatic carbocycles. The molecule has 0 fully saturated rings. The Balaban J connectivity index is 1.69. The van der Waals surface area contributed by atoms with Gasteiger partial charge in [0.25, 0.3) is 0 Å². The minimum atomic E-state index is 0.109. The molecule has 0 N–H and O–H groups in total. The highest BCUT2D eigenvalue weighted by molar-refractivity contribution is 7.16. The zero-order valence-corrected chi connectivity index (χ0v) is 18.1. The van der Waals surface area contributed by atoms with Gasteiger partial charge in [-0.3, -0.25) is 4.79 Å². The maximum absolute atomic E-state index is 12.6. The molecular weight excluding hydrogens is 394 g/mol. The van der Waals surface area contributed by atoms with Crippen LogP contribution >= 0.6 is 22.9 Å². The summed E-state index contributed by atoms with van der Waals surface area (Å²) in [6.45, 7) is 4.61. The summed E-state index contributed by atoms with van der Waals surface area (Å²) in [5, 5.41) is 4.67. The van der Waals surface area contributed by atoms with Crippen LogP contribution < -0.4 is 4.74 Å². The fourth-order valence-electron chi connectivity index (χ4n) is 3.21. The van der Waals surface area contributed by atoms with Crippen LogP contribution in [0.3, 0.4) is 0 Å². The quantitative estimate of drug-likeness (QED) is 0.554. The molecule has 2 aromatic heterocycles. The van der Waals surface area contributed by atoms with E-state index in [2.05, 4.69) is 5.10 Å². The van der Waals surface area contributed by atoms with Gasteiger partial charge in [-0.05, 0) is 50.1 Å². The number of nitrogens with zero attached hydrogens (tertiary/aromatic N) is 3. The van der Waals surface area contributed by atoms with E-state index in [0.29, 0.717) is 19.4 Å². The summed E-state index contributed by atoms with van der Waals surface area (Å²) in [7, 11) is 3.48. The Morgan fingerprint density at radius 3 is 2.75 bits per heavy atom. The van der Waals surface area contributed by atoms with Crippen LogP contribution in [-0.4, -0.2) is 34.7 Å². The van der Waals surface area contributed by atoms with Gasteiger partial charge in [-0.25, -0.2) is 4.68 Å². The molecule has 5 nitrogen and oxygen atoms in total. The third-order valence-corrected chi connectivity index (χ3v) is 5.99. The summed E-state index contributed by atoms with van der Waals surface area (Å²) >= 11 is 7.47. The maximum atomic E-state index is 12.6. The summed E-state index contributed by atoms with van der Waals surface area (Å²) in [5.41, 5.74) is 4.06. The second kappa shape index (κ2) is 8.80. The highest BCUT2D eigenvalue weighted by atomic mass is 35.5. The predicted molar refractivity (Wildman–Crippen MR) is 114 cm³/mol. The van der Waals surface area contributed by atoms with E-state index in [1.807, 2.05) is 62.0 Å². The second-order valence-corrected chi connectivity index (χ2v) is 8.52. The minimum Gasteiger partial charge on any atom is -0.497 e. The fourth-order valence-corrected chi connectivity index (χ4v) is 4.35. The van der Waals surface area contributed by atoms with E-state index in [4.69, 9.17) is 16.3 Å². The van der Waals surface area contributed by atoms with Gasteiger partial charge in [0.15, 0.2) is 0 Å². The summed E-state index contributed by atoms with van der Waals surface area (Å²) < 4.78 is 7.96. The summed E-state index contributed by atoms with van der Waals surface area (Å²) in [4.78, 5) is 15.4. The average Bonchev–Trinajstić information content (AvgIpc) is 3.22. The van der Waals surface area contributed by atoms with Gasteiger partial charge in [0, 0.05) is 30.1 Å². The molecule has 1 aromatic carbocycles. The molecule has 0 radical (unpaired) electrons. The molecule has 28 heavy (non-hydrogen) atoms. The number of methoxy groups -OCH3 is 1. The first-order chi connectivity index (χ1) is 13.4. The SMILES string of the molecule is COc1cccc(-n2nc(C)c(CCC(=O)N(C)Cc3ccc(Cl)s3)c2C)c1. The molecule has 7 heteroatoms. The maximum Gasteiger partial charge on any atom is 0.222 e. The zero-order valence-electron chi connectivity index (χ0n) is 16.5. The van der Waals surface area contributed by atoms with Crippen molar-refractivity contribution in [1.82, 2.24) is 14.7 Å². The molecule has 3 rings (SSSR count). The Morgan fingerprint density at radius 1 is 1.29 bits per heavy atom. The number of aromatic nitrogens is 2. The highest BCUT2D eigenvalue weighted by Crippen LogP contribution is 2.24. The monoisotopic (exact) mass is 417 g/mol. The number of aryl methyl sites for hydroxylation is 1. The number of rotatable bonds is 7. The molecule has 0 saturated heterocycles. The zero-order chi connectivity index (χ0) is 20.3. The molecule has 0 unspecified atom stereocenters. The van der Waals surface area contributed by atoms with Gasteiger partial charge >= 0.3 is 0 Å². The van der Waals surface area contributed by atoms with E-state index in [0.717, 1.165) is 37.6 Å². The number of halogens is 1. The van der Waals surface area contributed by atoms with Crippen molar-refractivity contribution in [3.63, 3.8) is 0 Å². The Bertz CT molecular complexity index is 980. The summed E-state index contributed by atoms with van der Waals surface area (Å²) in [5.74, 6) is 0.898. The van der Waals surface area contributed by atoms with E-state index in [1.165, 1.54) is 11.3 Å². The van der Waals surface area contributed by atoms with Gasteiger partial charge in [-0.1, -0.05) is 17.7 Å². The average molecular weight is 418 g/mol. The largest absolute Gasteiger partial charge is 0.497 e. The Morgan fingerprint density at radius 2 is 2.07 bits per heavy atom. The van der Waals surface area contributed by atoms with Crippen molar-refractivity contribution in [3.05, 3.63) is 62.6 Å². The van der Waals surface area contributed by atoms with Gasteiger partial charge < -0.3 is 9.64 Å². The first-order valence-electron chi connectivity index (χ1n) is 9.06. The first-order valence-corrected chi connectivity index (χ1v) is 10.3. The third kappa shape index (κ3) is 4.56. The molecule has 3 aromatic rings. The van der Waals surface area contributed by atoms with E-state index >= 15 is 0 Å². The topological polar surface area (TPSA) is 47.4 Å². The van der Waals surface area contributed by atoms with E-state index in [1.54, 1.807) is 12.0 Å². The molecule has 0 spiro atoms. The lowest BCUT2D eigenvalue weighted by molar-refractivity contribution is -0.130. The minimum absolute atomic E-state index is 0.109. The lowest BCUT2D eigenvalue weighted by atomic mass is 10.1. The van der Waals surface area contributed by atoms with Gasteiger partial charge in [-0.2, -0.15) is 5.10 Å². The van der Waals surface area contributed by atoms with Crippen molar-refractivity contribution in [3.8, 4) is 11.4 Å². The molecule has 0 saturated carbocycles. The second-order valence-electron chi connectivity index (χ2n) is 6.72. The van der Waals surface area contributed by atoms with Crippen LogP contribution in [0.5, 0.6) is 5.75 Å². The van der Waals surface area contributed by atoms with Crippen molar-refractivity contribution in [1.29, 1.82) is 0 Å². The van der Waals surface area contributed by atoms with Gasteiger partial charge in [0.1, 0.15) is 5.75 Å². The van der Waals surface area contributed by atoms with Gasteiger partial charge in [0.2, 0.25) is 5.91 Å². The number of carbonyl (C=O) groups is 1. The Labute approximate surface area is 174 Å². The number of hydrogen-bond acceptors (Lipinski definition) is 4. The van der Waals surface area contributed by atoms with E-state index < -0.39 is 0 Å². The number of thiophene rings is 1. The van der Waals surface area contributed by atoms with Gasteiger partial charge in [0.05, 0.1) is 29.4 Å². The summed E-state index contributed by atoms with van der Waals surface area (Å²) in [6.07, 6.45) is 1.11. The molecule has 0 aliphatic rings. The fraction of sp³-hybridized carbons (Fsp3) is 0.333. The number of amides is 1. The molecule has 1 amide bonds. The lowest BCUT2D eigenvalue weighted by Crippen LogP contribution is -2.26. The van der Waals surface area contributed by atoms with Crippen LogP contribution in [0.2, 0.25) is 4.34 Å². The Hall–Kier alpha value is -2.31. The van der Waals surface area contributed by atoms with Crippen molar-refractivity contribution < 1.29 is 9.53 Å². The number of carbonyl (C=O) groups excluding carboxylic acids is 1. The van der Waals surface area contributed by atoms with Gasteiger partial charge in [-0.15, -0.1) is 11.3 Å². The first kappa shape index (κ1) is 20.4. The highest BCUT2D eigenvalue weighted by Gasteiger charge is 2.16. The normalized spacial score (nSPS) is 10.9. The number of hydrogen-bond donors (Lipinski definition) is 0. The van der Waals surface area contributed by atoms with Crippen molar-refractivity contribution in [2.75, 3.05) is 14.2 Å². The van der Waals surface area contributed by atoms with Crippen molar-refractivity contribution in [2.45, 2.75) is 33.2 Å². The smallest absolute Gasteiger partial charge is 0.222 e. The van der Waals surface area contributed by atoms with Crippen LogP contribution in [0.25, 0.3) is 5.69 Å². The van der Waals surface area contributed by atoms with E-state index in [-0.39, 0.29) is 5.91 Å². The molecule has 0 bridgehead atoms. The van der Waals surface area contributed by atoms with E-state index in [9.17, 15) is 4.79 Å². The number of ether oxygens (including phenoxy) is 1. The van der Waals surface area contributed by atoms with Crippen LogP contribution in [0, 0.1) is 13.8 Å². The molecule has 0 atom stereocenters. The summed E-state index contributed by atoms with van der Waals surface area (Å²) in [6, 6.07) is 11.6. The molecular formula is C21H24ClN3O2S. The van der Waals surface area contributed by atoms with Crippen LogP contribution in [-0.2, 0) is 17.8 Å². The lowest BCUT2D eigenvalue weighted by Gasteiger charge is -2.16. The van der Waals surface area contributed by atoms with Crippen LogP contribution in [0.15, 0.2) is 36.4 Å². The standard InChI is InChI=1S/C21H24ClN3O2S/c1-14-19(9-11-21(26)24(3)13-18-8-10-20(22)28-18)15(2)25(23-14)16-6-5-7-17(12-16)27-4/h5-8,10,12H,9,11,13H2,1-4H3. The molecule has 148 valence electrons. The van der Waals surface area contributed by atoms with Crippen LogP contribution in [0.1, 0.15) is 28.2 Å². The molecule has 0 aliphatic heterocycles. The molecule has 2 heterocycles. The Kier molecular flexibility index (Phi) is 6.42. The third-order valence-electron chi connectivity index (χ3n) is 4.78. The van der Waals surface area contributed by atoms with Crippen molar-refractivity contribution in [2.24, 2.45) is 0 Å².